The molecule has 0 amide bonds. The number of rotatable bonds is 3. The molecule has 2 atom stereocenters. The molecule has 2 unspecified atom stereocenters. The summed E-state index contributed by atoms with van der Waals surface area (Å²) in [6.07, 6.45) is 11.3. The summed E-state index contributed by atoms with van der Waals surface area (Å²) in [5, 5.41) is 0. The van der Waals surface area contributed by atoms with Crippen molar-refractivity contribution in [2.75, 3.05) is 0 Å². The van der Waals surface area contributed by atoms with E-state index in [1.54, 1.807) is 0 Å². The molecule has 0 heterocycles. The largest absolute Gasteiger partial charge is 0.299 e. The van der Waals surface area contributed by atoms with Crippen molar-refractivity contribution in [3.05, 3.63) is 0 Å². The molecule has 2 fully saturated rings. The van der Waals surface area contributed by atoms with E-state index in [-0.39, 0.29) is 0 Å². The maximum Gasteiger partial charge on any atom is 0.139 e. The fourth-order valence-electron chi connectivity index (χ4n) is 3.46. The molecule has 0 aromatic heterocycles. The lowest BCUT2D eigenvalue weighted by Crippen LogP contribution is -2.27. The maximum atomic E-state index is 12.3. The molecule has 0 saturated heterocycles. The van der Waals surface area contributed by atoms with E-state index in [2.05, 4.69) is 6.92 Å². The fraction of sp³-hybridized carbons (Fsp3) is 0.929. The van der Waals surface area contributed by atoms with E-state index in [1.165, 1.54) is 57.8 Å². The van der Waals surface area contributed by atoms with Gasteiger partial charge in [0.05, 0.1) is 0 Å². The lowest BCUT2D eigenvalue weighted by Gasteiger charge is -2.29. The van der Waals surface area contributed by atoms with Gasteiger partial charge in [0.15, 0.2) is 0 Å². The molecular weight excluding hydrogens is 184 g/mol. The van der Waals surface area contributed by atoms with Crippen molar-refractivity contribution in [3.8, 4) is 0 Å². The third-order valence-electron chi connectivity index (χ3n) is 4.52. The van der Waals surface area contributed by atoms with E-state index in [0.29, 0.717) is 17.6 Å². The summed E-state index contributed by atoms with van der Waals surface area (Å²) in [6, 6.07) is 0. The summed E-state index contributed by atoms with van der Waals surface area (Å²) in [5.41, 5.74) is 0. The van der Waals surface area contributed by atoms with Crippen molar-refractivity contribution >= 4 is 5.78 Å². The molecule has 0 spiro atoms. The van der Waals surface area contributed by atoms with Crippen LogP contribution in [0.2, 0.25) is 0 Å². The predicted molar refractivity (Wildman–Crippen MR) is 62.7 cm³/mol. The molecule has 86 valence electrons. The first kappa shape index (κ1) is 11.2. The molecule has 1 nitrogen and oxygen atoms in total. The SMILES string of the molecule is CCC1CCCC(C(=O)C2CCCC2)C1. The first-order valence-corrected chi connectivity index (χ1v) is 6.85. The molecule has 0 radical (unpaired) electrons. The van der Waals surface area contributed by atoms with Gasteiger partial charge < -0.3 is 0 Å². The van der Waals surface area contributed by atoms with Gasteiger partial charge in [0.1, 0.15) is 5.78 Å². The standard InChI is InChI=1S/C14H24O/c1-2-11-6-5-9-13(10-11)14(15)12-7-3-4-8-12/h11-13H,2-10H2,1H3. The normalized spacial score (nSPS) is 33.1. The molecule has 2 aliphatic carbocycles. The Labute approximate surface area is 93.6 Å². The van der Waals surface area contributed by atoms with Crippen LogP contribution in [0.25, 0.3) is 0 Å². The highest BCUT2D eigenvalue weighted by atomic mass is 16.1. The van der Waals surface area contributed by atoms with Crippen LogP contribution in [0.5, 0.6) is 0 Å². The Balaban J connectivity index is 1.88. The molecule has 2 aliphatic rings. The number of carbonyl (C=O) groups is 1. The van der Waals surface area contributed by atoms with E-state index in [0.717, 1.165) is 5.92 Å². The van der Waals surface area contributed by atoms with Crippen LogP contribution in [0.1, 0.15) is 64.7 Å². The fourth-order valence-corrected chi connectivity index (χ4v) is 3.46. The van der Waals surface area contributed by atoms with Crippen LogP contribution in [0.3, 0.4) is 0 Å². The van der Waals surface area contributed by atoms with Crippen LogP contribution in [0.15, 0.2) is 0 Å². The van der Waals surface area contributed by atoms with E-state index >= 15 is 0 Å². The quantitative estimate of drug-likeness (QED) is 0.686. The Morgan fingerprint density at radius 3 is 2.33 bits per heavy atom. The minimum Gasteiger partial charge on any atom is -0.299 e. The second-order valence-corrected chi connectivity index (χ2v) is 5.52. The van der Waals surface area contributed by atoms with Crippen LogP contribution in [0, 0.1) is 17.8 Å². The van der Waals surface area contributed by atoms with E-state index in [4.69, 9.17) is 0 Å². The van der Waals surface area contributed by atoms with Crippen LogP contribution >= 0.6 is 0 Å². The van der Waals surface area contributed by atoms with E-state index in [9.17, 15) is 4.79 Å². The molecule has 0 bridgehead atoms. The average Bonchev–Trinajstić information content (AvgIpc) is 2.81. The van der Waals surface area contributed by atoms with E-state index < -0.39 is 0 Å². The van der Waals surface area contributed by atoms with Gasteiger partial charge in [0.25, 0.3) is 0 Å². The summed E-state index contributed by atoms with van der Waals surface area (Å²) in [6.45, 7) is 2.27. The zero-order valence-electron chi connectivity index (χ0n) is 10.0. The lowest BCUT2D eigenvalue weighted by atomic mass is 9.75. The molecule has 0 aliphatic heterocycles. The van der Waals surface area contributed by atoms with Crippen LogP contribution in [-0.2, 0) is 4.79 Å². The average molecular weight is 208 g/mol. The van der Waals surface area contributed by atoms with Gasteiger partial charge in [0.2, 0.25) is 0 Å². The topological polar surface area (TPSA) is 17.1 Å². The van der Waals surface area contributed by atoms with Crippen molar-refractivity contribution in [2.45, 2.75) is 64.7 Å². The summed E-state index contributed by atoms with van der Waals surface area (Å²) in [7, 11) is 0. The second-order valence-electron chi connectivity index (χ2n) is 5.52. The molecule has 2 rings (SSSR count). The van der Waals surface area contributed by atoms with Crippen LogP contribution < -0.4 is 0 Å². The Morgan fingerprint density at radius 1 is 1.00 bits per heavy atom. The summed E-state index contributed by atoms with van der Waals surface area (Å²) < 4.78 is 0. The van der Waals surface area contributed by atoms with Gasteiger partial charge in [-0.05, 0) is 31.6 Å². The smallest absolute Gasteiger partial charge is 0.139 e. The van der Waals surface area contributed by atoms with Crippen molar-refractivity contribution in [1.82, 2.24) is 0 Å². The van der Waals surface area contributed by atoms with Gasteiger partial charge in [-0.1, -0.05) is 39.0 Å². The molecular formula is C14H24O. The highest BCUT2D eigenvalue weighted by Crippen LogP contribution is 2.36. The summed E-state index contributed by atoms with van der Waals surface area (Å²) in [4.78, 5) is 12.3. The van der Waals surface area contributed by atoms with Crippen LogP contribution in [0.4, 0.5) is 0 Å². The Bertz CT molecular complexity index is 215. The molecule has 1 heteroatoms. The number of carbonyl (C=O) groups excluding carboxylic acids is 1. The maximum absolute atomic E-state index is 12.3. The van der Waals surface area contributed by atoms with Gasteiger partial charge in [0, 0.05) is 11.8 Å². The second kappa shape index (κ2) is 5.14. The van der Waals surface area contributed by atoms with E-state index in [1.807, 2.05) is 0 Å². The Hall–Kier alpha value is -0.330. The highest BCUT2D eigenvalue weighted by molar-refractivity contribution is 5.83. The molecule has 15 heavy (non-hydrogen) atoms. The number of ketones is 1. The van der Waals surface area contributed by atoms with Gasteiger partial charge >= 0.3 is 0 Å². The minimum atomic E-state index is 0.437. The first-order valence-electron chi connectivity index (χ1n) is 6.85. The summed E-state index contributed by atoms with van der Waals surface area (Å²) in [5.74, 6) is 2.36. The van der Waals surface area contributed by atoms with Gasteiger partial charge in [-0.25, -0.2) is 0 Å². The van der Waals surface area contributed by atoms with Gasteiger partial charge in [-0.3, -0.25) is 4.79 Å². The lowest BCUT2D eigenvalue weighted by molar-refractivity contribution is -0.128. The third kappa shape index (κ3) is 2.62. The van der Waals surface area contributed by atoms with Crippen LogP contribution in [-0.4, -0.2) is 5.78 Å². The van der Waals surface area contributed by atoms with Crippen molar-refractivity contribution in [2.24, 2.45) is 17.8 Å². The number of Topliss-reactive ketones (excluding diaryl/α,β-unsaturated/α-hetero) is 1. The number of hydrogen-bond donors (Lipinski definition) is 0. The molecule has 0 N–H and O–H groups in total. The third-order valence-corrected chi connectivity index (χ3v) is 4.52. The Morgan fingerprint density at radius 2 is 1.67 bits per heavy atom. The zero-order valence-corrected chi connectivity index (χ0v) is 10.0. The van der Waals surface area contributed by atoms with Gasteiger partial charge in [-0.15, -0.1) is 0 Å². The van der Waals surface area contributed by atoms with Gasteiger partial charge in [-0.2, -0.15) is 0 Å². The molecule has 2 saturated carbocycles. The van der Waals surface area contributed by atoms with Crippen molar-refractivity contribution in [1.29, 1.82) is 0 Å². The minimum absolute atomic E-state index is 0.437. The zero-order chi connectivity index (χ0) is 10.7. The highest BCUT2D eigenvalue weighted by Gasteiger charge is 2.32. The first-order chi connectivity index (χ1) is 7.31. The monoisotopic (exact) mass is 208 g/mol. The Kier molecular flexibility index (Phi) is 3.82. The predicted octanol–water partition coefficient (Wildman–Crippen LogP) is 3.96. The summed E-state index contributed by atoms with van der Waals surface area (Å²) >= 11 is 0. The molecule has 0 aromatic carbocycles. The van der Waals surface area contributed by atoms with Crippen molar-refractivity contribution in [3.63, 3.8) is 0 Å². The van der Waals surface area contributed by atoms with Crippen molar-refractivity contribution < 1.29 is 4.79 Å². The molecule has 0 aromatic rings. The number of hydrogen-bond acceptors (Lipinski definition) is 1.